The highest BCUT2D eigenvalue weighted by Crippen LogP contribution is 2.21. The number of amides is 6. The number of nitrogens with one attached hydrogen (secondary N) is 6. The van der Waals surface area contributed by atoms with E-state index in [1.807, 2.05) is 12.1 Å². The molecule has 0 radical (unpaired) electrons. The molecule has 6 amide bonds. The van der Waals surface area contributed by atoms with Gasteiger partial charge in [-0.15, -0.1) is 0 Å². The summed E-state index contributed by atoms with van der Waals surface area (Å²) in [6, 6.07) is 5.90. The molecule has 3 rings (SSSR count). The van der Waals surface area contributed by atoms with Gasteiger partial charge in [-0.05, 0) is 45.6 Å². The summed E-state index contributed by atoms with van der Waals surface area (Å²) in [7, 11) is 0. The molecule has 14 nitrogen and oxygen atoms in total. The first kappa shape index (κ1) is 40.6. The minimum Gasteiger partial charge on any atom is -0.393 e. The number of carbonyl (C=O) groups is 6. The van der Waals surface area contributed by atoms with Gasteiger partial charge in [-0.2, -0.15) is 0 Å². The molecule has 2 fully saturated rings. The molecule has 2 aliphatic rings. The number of aliphatic hydroxyl groups excluding tert-OH is 1. The maximum absolute atomic E-state index is 13.5. The Balaban J connectivity index is 1.54. The maximum Gasteiger partial charge on any atom is 0.247 e. The van der Waals surface area contributed by atoms with E-state index < -0.39 is 53.3 Å². The number of fused-ring (bicyclic) bond motifs is 2. The first-order valence-electron chi connectivity index (χ1n) is 17.6. The van der Waals surface area contributed by atoms with E-state index in [1.165, 1.54) is 17.2 Å². The molecule has 4 unspecified atom stereocenters. The summed E-state index contributed by atoms with van der Waals surface area (Å²) in [5, 5.41) is 25.5. The summed E-state index contributed by atoms with van der Waals surface area (Å²) in [6.45, 7) is 4.60. The van der Waals surface area contributed by atoms with Gasteiger partial charge in [0.2, 0.25) is 35.4 Å². The lowest BCUT2D eigenvalue weighted by molar-refractivity contribution is -0.137. The minimum absolute atomic E-state index is 0.104. The number of unbranched alkanes of at least 4 members (excludes halogenated alkanes) is 5. The van der Waals surface area contributed by atoms with Crippen molar-refractivity contribution >= 4 is 35.4 Å². The Morgan fingerprint density at radius 2 is 1.67 bits per heavy atom. The lowest BCUT2D eigenvalue weighted by atomic mass is 10.0. The first-order chi connectivity index (χ1) is 24.4. The second-order valence-electron chi connectivity index (χ2n) is 13.4. The standard InChI is InChI=1S/C37H53N7O7/c1-26(45)16-12-9-7-5-4-6-8-10-15-19-31(46)38-21-20-32(47)39-23-29-34(49)40-24-30-36(51)44(37(2,3)43-30)25-33(48)41-28(35(50)42-29)22-27-17-13-11-14-18-27/h8,10-11,13-15,17-21,26,28-30,43,45H,4-7,9,12,16,22-25H2,1-3H3,(H,38,46)(H,39,47)(H,40,49)(H,41,48)(H,42,50)/b10-8+,19-15+,21-20+. The van der Waals surface area contributed by atoms with Crippen LogP contribution in [0.2, 0.25) is 0 Å². The van der Waals surface area contributed by atoms with E-state index in [0.717, 1.165) is 56.6 Å². The van der Waals surface area contributed by atoms with Crippen LogP contribution in [0.4, 0.5) is 0 Å². The van der Waals surface area contributed by atoms with Crippen molar-refractivity contribution in [2.24, 2.45) is 0 Å². The van der Waals surface area contributed by atoms with Crippen LogP contribution in [0.5, 0.6) is 0 Å². The largest absolute Gasteiger partial charge is 0.393 e. The van der Waals surface area contributed by atoms with Crippen LogP contribution in [-0.4, -0.2) is 95.0 Å². The summed E-state index contributed by atoms with van der Waals surface area (Å²) >= 11 is 0. The summed E-state index contributed by atoms with van der Waals surface area (Å²) in [6.07, 6.45) is 16.0. The Kier molecular flexibility index (Phi) is 16.5. The van der Waals surface area contributed by atoms with Gasteiger partial charge in [0.15, 0.2) is 0 Å². The fraction of sp³-hybridized carbons (Fsp3) is 0.514. The number of hydrogen-bond acceptors (Lipinski definition) is 8. The van der Waals surface area contributed by atoms with Crippen LogP contribution in [0, 0.1) is 0 Å². The van der Waals surface area contributed by atoms with Crippen LogP contribution in [-0.2, 0) is 35.2 Å². The van der Waals surface area contributed by atoms with Crippen LogP contribution < -0.4 is 31.9 Å². The lowest BCUT2D eigenvalue weighted by Gasteiger charge is -2.31. The third-order valence-corrected chi connectivity index (χ3v) is 8.54. The van der Waals surface area contributed by atoms with Gasteiger partial charge in [0.25, 0.3) is 0 Å². The summed E-state index contributed by atoms with van der Waals surface area (Å²) in [4.78, 5) is 79.1. The molecule has 1 aromatic carbocycles. The molecule has 0 spiro atoms. The number of aliphatic hydroxyl groups is 1. The van der Waals surface area contributed by atoms with Gasteiger partial charge < -0.3 is 36.6 Å². The molecule has 2 aliphatic heterocycles. The predicted molar refractivity (Wildman–Crippen MR) is 192 cm³/mol. The van der Waals surface area contributed by atoms with Gasteiger partial charge in [0, 0.05) is 37.9 Å². The summed E-state index contributed by atoms with van der Waals surface area (Å²) in [5.74, 6) is -3.26. The fourth-order valence-corrected chi connectivity index (χ4v) is 5.75. The van der Waals surface area contributed by atoms with Crippen LogP contribution in [0.25, 0.3) is 0 Å². The van der Waals surface area contributed by atoms with E-state index >= 15 is 0 Å². The van der Waals surface area contributed by atoms with Crippen molar-refractivity contribution in [1.29, 1.82) is 0 Å². The molecular weight excluding hydrogens is 654 g/mol. The molecule has 2 bridgehead atoms. The van der Waals surface area contributed by atoms with Crippen molar-refractivity contribution in [1.82, 2.24) is 36.8 Å². The molecule has 14 heteroatoms. The monoisotopic (exact) mass is 707 g/mol. The van der Waals surface area contributed by atoms with Gasteiger partial charge in [0.05, 0.1) is 11.8 Å². The number of hydrogen-bond donors (Lipinski definition) is 7. The molecule has 2 heterocycles. The topological polar surface area (TPSA) is 198 Å². The van der Waals surface area contributed by atoms with E-state index in [1.54, 1.807) is 57.2 Å². The maximum atomic E-state index is 13.5. The SMILES string of the molecule is CC(O)CCCCCCC/C=C/C=C/C(=O)N/C=C/C(=O)NCC1NC(=O)C(Cc2ccccc2)NC(=O)CN2C(=O)C(CNC1=O)NC2(C)C. The number of rotatable bonds is 16. The lowest BCUT2D eigenvalue weighted by Crippen LogP contribution is -2.59. The van der Waals surface area contributed by atoms with Gasteiger partial charge in [0.1, 0.15) is 24.7 Å². The zero-order valence-corrected chi connectivity index (χ0v) is 29.8. The van der Waals surface area contributed by atoms with Crippen LogP contribution in [0.15, 0.2) is 66.9 Å². The van der Waals surface area contributed by atoms with Gasteiger partial charge >= 0.3 is 0 Å². The average molecular weight is 708 g/mol. The second-order valence-corrected chi connectivity index (χ2v) is 13.4. The van der Waals surface area contributed by atoms with Gasteiger partial charge in [-0.1, -0.05) is 74.2 Å². The minimum atomic E-state index is -1.24. The van der Waals surface area contributed by atoms with E-state index in [4.69, 9.17) is 0 Å². The Bertz CT molecular complexity index is 1440. The zero-order chi connectivity index (χ0) is 37.2. The normalized spacial score (nSPS) is 21.8. The molecule has 0 aromatic heterocycles. The van der Waals surface area contributed by atoms with Crippen LogP contribution in [0.3, 0.4) is 0 Å². The van der Waals surface area contributed by atoms with Crippen LogP contribution in [0.1, 0.15) is 71.3 Å². The highest BCUT2D eigenvalue weighted by molar-refractivity contribution is 5.96. The van der Waals surface area contributed by atoms with Gasteiger partial charge in [-0.25, -0.2) is 0 Å². The Morgan fingerprint density at radius 3 is 2.41 bits per heavy atom. The van der Waals surface area contributed by atoms with Crippen molar-refractivity contribution in [2.45, 2.75) is 102 Å². The van der Waals surface area contributed by atoms with Crippen molar-refractivity contribution in [3.63, 3.8) is 0 Å². The Labute approximate surface area is 299 Å². The number of benzene rings is 1. The van der Waals surface area contributed by atoms with E-state index in [-0.39, 0.29) is 38.1 Å². The van der Waals surface area contributed by atoms with Crippen LogP contribution >= 0.6 is 0 Å². The molecule has 1 aromatic rings. The zero-order valence-electron chi connectivity index (χ0n) is 29.8. The third-order valence-electron chi connectivity index (χ3n) is 8.54. The highest BCUT2D eigenvalue weighted by atomic mass is 16.3. The molecule has 4 atom stereocenters. The summed E-state index contributed by atoms with van der Waals surface area (Å²) in [5.41, 5.74) is -0.117. The molecule has 2 saturated heterocycles. The fourth-order valence-electron chi connectivity index (χ4n) is 5.75. The molecular formula is C37H53N7O7. The van der Waals surface area contributed by atoms with E-state index in [9.17, 15) is 33.9 Å². The third kappa shape index (κ3) is 14.5. The van der Waals surface area contributed by atoms with Crippen molar-refractivity contribution in [3.8, 4) is 0 Å². The quantitative estimate of drug-likeness (QED) is 0.0745. The smallest absolute Gasteiger partial charge is 0.247 e. The number of carbonyl (C=O) groups excluding carboxylic acids is 6. The average Bonchev–Trinajstić information content (AvgIpc) is 3.30. The van der Waals surface area contributed by atoms with Crippen molar-refractivity contribution in [2.75, 3.05) is 19.6 Å². The number of nitrogens with zero attached hydrogens (tertiary/aromatic N) is 1. The molecule has 278 valence electrons. The Hall–Kier alpha value is -4.82. The molecule has 7 N–H and O–H groups in total. The first-order valence-corrected chi connectivity index (χ1v) is 17.6. The predicted octanol–water partition coefficient (Wildman–Crippen LogP) is 0.835. The second kappa shape index (κ2) is 20.8. The van der Waals surface area contributed by atoms with E-state index in [2.05, 4.69) is 31.9 Å². The summed E-state index contributed by atoms with van der Waals surface area (Å²) < 4.78 is 0. The molecule has 0 saturated carbocycles. The van der Waals surface area contributed by atoms with Gasteiger partial charge in [-0.3, -0.25) is 34.1 Å². The number of allylic oxidation sites excluding steroid dienone is 3. The van der Waals surface area contributed by atoms with E-state index in [0.29, 0.717) is 0 Å². The Morgan fingerprint density at radius 1 is 0.941 bits per heavy atom. The highest BCUT2D eigenvalue weighted by Gasteiger charge is 2.45. The molecule has 0 aliphatic carbocycles. The molecule has 51 heavy (non-hydrogen) atoms. The van der Waals surface area contributed by atoms with Crippen molar-refractivity contribution in [3.05, 3.63) is 72.5 Å². The van der Waals surface area contributed by atoms with Crippen molar-refractivity contribution < 1.29 is 33.9 Å².